The third-order valence-electron chi connectivity index (χ3n) is 3.80. The topological polar surface area (TPSA) is 52.7 Å². The number of fused-ring (bicyclic) bond motifs is 1. The lowest BCUT2D eigenvalue weighted by Crippen LogP contribution is -2.21. The fourth-order valence-corrected chi connectivity index (χ4v) is 2.65. The molecule has 0 aliphatic heterocycles. The molecule has 0 fully saturated rings. The molecule has 2 aromatic carbocycles. The Bertz CT molecular complexity index is 1070. The predicted molar refractivity (Wildman–Crippen MR) is 88.6 cm³/mol. The van der Waals surface area contributed by atoms with Gasteiger partial charge in [-0.2, -0.15) is 5.10 Å². The van der Waals surface area contributed by atoms with E-state index in [9.17, 15) is 9.18 Å². The van der Waals surface area contributed by atoms with E-state index in [-0.39, 0.29) is 17.9 Å². The maximum atomic E-state index is 13.3. The number of hydrogen-bond donors (Lipinski definition) is 0. The highest BCUT2D eigenvalue weighted by Crippen LogP contribution is 2.13. The van der Waals surface area contributed by atoms with Crippen LogP contribution in [0.4, 0.5) is 4.39 Å². The standard InChI is InChI=1S/C18H13FN4O/c19-14-6-4-5-13(9-14)11-22-12-20-17-16(18(22)24)10-21-23(17)15-7-2-1-3-8-15/h1-10,12H,11H2. The van der Waals surface area contributed by atoms with Crippen molar-refractivity contribution >= 4 is 11.0 Å². The lowest BCUT2D eigenvalue weighted by atomic mass is 10.2. The number of hydrogen-bond acceptors (Lipinski definition) is 3. The Morgan fingerprint density at radius 2 is 1.88 bits per heavy atom. The second kappa shape index (κ2) is 5.73. The number of aromatic nitrogens is 4. The van der Waals surface area contributed by atoms with Crippen LogP contribution in [0.1, 0.15) is 5.56 Å². The molecular weight excluding hydrogens is 307 g/mol. The Kier molecular flexibility index (Phi) is 3.42. The molecule has 0 atom stereocenters. The van der Waals surface area contributed by atoms with Gasteiger partial charge in [0, 0.05) is 0 Å². The molecule has 0 unspecified atom stereocenters. The van der Waals surface area contributed by atoms with Gasteiger partial charge in [-0.1, -0.05) is 30.3 Å². The number of para-hydroxylation sites is 1. The van der Waals surface area contributed by atoms with Crippen molar-refractivity contribution in [3.05, 3.63) is 88.9 Å². The molecule has 0 amide bonds. The molecular formula is C18H13FN4O. The zero-order chi connectivity index (χ0) is 16.5. The molecule has 0 spiro atoms. The molecule has 0 bridgehead atoms. The molecule has 2 aromatic heterocycles. The molecule has 0 aliphatic carbocycles. The van der Waals surface area contributed by atoms with Gasteiger partial charge in [0.05, 0.1) is 18.4 Å². The fourth-order valence-electron chi connectivity index (χ4n) is 2.65. The minimum absolute atomic E-state index is 0.202. The summed E-state index contributed by atoms with van der Waals surface area (Å²) in [6.07, 6.45) is 2.98. The van der Waals surface area contributed by atoms with Gasteiger partial charge in [-0.15, -0.1) is 0 Å². The lowest BCUT2D eigenvalue weighted by molar-refractivity contribution is 0.622. The van der Waals surface area contributed by atoms with Gasteiger partial charge in [-0.3, -0.25) is 9.36 Å². The summed E-state index contributed by atoms with van der Waals surface area (Å²) in [5, 5.41) is 4.70. The summed E-state index contributed by atoms with van der Waals surface area (Å²) in [6.45, 7) is 0.260. The Morgan fingerprint density at radius 3 is 2.67 bits per heavy atom. The minimum atomic E-state index is -0.327. The van der Waals surface area contributed by atoms with E-state index < -0.39 is 0 Å². The van der Waals surface area contributed by atoms with Crippen molar-refractivity contribution in [2.45, 2.75) is 6.54 Å². The van der Waals surface area contributed by atoms with Crippen LogP contribution in [-0.4, -0.2) is 19.3 Å². The minimum Gasteiger partial charge on any atom is -0.294 e. The van der Waals surface area contributed by atoms with Gasteiger partial charge in [0.1, 0.15) is 17.5 Å². The number of rotatable bonds is 3. The smallest absolute Gasteiger partial charge is 0.264 e. The molecule has 0 radical (unpaired) electrons. The van der Waals surface area contributed by atoms with E-state index in [1.807, 2.05) is 30.3 Å². The van der Waals surface area contributed by atoms with Crippen LogP contribution in [0.25, 0.3) is 16.7 Å². The van der Waals surface area contributed by atoms with E-state index in [0.29, 0.717) is 16.6 Å². The average molecular weight is 320 g/mol. The van der Waals surface area contributed by atoms with Gasteiger partial charge >= 0.3 is 0 Å². The maximum Gasteiger partial charge on any atom is 0.264 e. The average Bonchev–Trinajstić information content (AvgIpc) is 3.03. The van der Waals surface area contributed by atoms with Gasteiger partial charge < -0.3 is 0 Å². The van der Waals surface area contributed by atoms with Crippen molar-refractivity contribution < 1.29 is 4.39 Å². The monoisotopic (exact) mass is 320 g/mol. The van der Waals surface area contributed by atoms with Crippen LogP contribution in [0, 0.1) is 5.82 Å². The van der Waals surface area contributed by atoms with E-state index in [1.165, 1.54) is 29.2 Å². The molecule has 0 N–H and O–H groups in total. The number of halogens is 1. The van der Waals surface area contributed by atoms with Crippen LogP contribution in [0.2, 0.25) is 0 Å². The summed E-state index contributed by atoms with van der Waals surface area (Å²) < 4.78 is 16.4. The van der Waals surface area contributed by atoms with Crippen molar-refractivity contribution in [2.24, 2.45) is 0 Å². The molecule has 0 aliphatic rings. The van der Waals surface area contributed by atoms with E-state index in [2.05, 4.69) is 10.1 Å². The van der Waals surface area contributed by atoms with Gasteiger partial charge in [0.2, 0.25) is 0 Å². The van der Waals surface area contributed by atoms with Crippen molar-refractivity contribution in [3.8, 4) is 5.69 Å². The van der Waals surface area contributed by atoms with Crippen LogP contribution in [0.15, 0.2) is 71.9 Å². The summed E-state index contributed by atoms with van der Waals surface area (Å²) in [7, 11) is 0. The molecule has 5 nitrogen and oxygen atoms in total. The number of benzene rings is 2. The largest absolute Gasteiger partial charge is 0.294 e. The molecule has 24 heavy (non-hydrogen) atoms. The second-order valence-corrected chi connectivity index (χ2v) is 5.44. The first-order chi connectivity index (χ1) is 11.7. The number of nitrogens with zero attached hydrogens (tertiary/aromatic N) is 4. The molecule has 0 saturated carbocycles. The Morgan fingerprint density at radius 1 is 1.04 bits per heavy atom. The van der Waals surface area contributed by atoms with Crippen molar-refractivity contribution in [2.75, 3.05) is 0 Å². The Hall–Kier alpha value is -3.28. The van der Waals surface area contributed by atoms with Crippen molar-refractivity contribution in [1.82, 2.24) is 19.3 Å². The predicted octanol–water partition coefficient (Wildman–Crippen LogP) is 2.77. The zero-order valence-electron chi connectivity index (χ0n) is 12.6. The first-order valence-electron chi connectivity index (χ1n) is 7.45. The highest BCUT2D eigenvalue weighted by atomic mass is 19.1. The van der Waals surface area contributed by atoms with Gasteiger partial charge in [-0.25, -0.2) is 14.1 Å². The van der Waals surface area contributed by atoms with Crippen LogP contribution in [0.5, 0.6) is 0 Å². The van der Waals surface area contributed by atoms with Crippen molar-refractivity contribution in [3.63, 3.8) is 0 Å². The SMILES string of the molecule is O=c1c2cnn(-c3ccccc3)c2ncn1Cc1cccc(F)c1. The quantitative estimate of drug-likeness (QED) is 0.583. The molecule has 4 rings (SSSR count). The normalized spacial score (nSPS) is 11.0. The third kappa shape index (κ3) is 2.48. The van der Waals surface area contributed by atoms with E-state index in [0.717, 1.165) is 5.69 Å². The second-order valence-electron chi connectivity index (χ2n) is 5.44. The van der Waals surface area contributed by atoms with Crippen molar-refractivity contribution in [1.29, 1.82) is 0 Å². The van der Waals surface area contributed by atoms with E-state index in [1.54, 1.807) is 16.8 Å². The maximum absolute atomic E-state index is 13.3. The highest BCUT2D eigenvalue weighted by Gasteiger charge is 2.11. The van der Waals surface area contributed by atoms with Gasteiger partial charge in [0.15, 0.2) is 5.65 Å². The van der Waals surface area contributed by atoms with E-state index in [4.69, 9.17) is 0 Å². The Balaban J connectivity index is 1.78. The van der Waals surface area contributed by atoms with Gasteiger partial charge in [-0.05, 0) is 29.8 Å². The zero-order valence-corrected chi connectivity index (χ0v) is 12.6. The van der Waals surface area contributed by atoms with Crippen LogP contribution in [0.3, 0.4) is 0 Å². The molecule has 0 saturated heterocycles. The summed E-state index contributed by atoms with van der Waals surface area (Å²) in [5.41, 5.74) is 1.84. The summed E-state index contributed by atoms with van der Waals surface area (Å²) >= 11 is 0. The fraction of sp³-hybridized carbons (Fsp3) is 0.0556. The molecule has 118 valence electrons. The first-order valence-corrected chi connectivity index (χ1v) is 7.45. The first kappa shape index (κ1) is 14.3. The van der Waals surface area contributed by atoms with Crippen LogP contribution >= 0.6 is 0 Å². The molecule has 6 heteroatoms. The van der Waals surface area contributed by atoms with E-state index >= 15 is 0 Å². The third-order valence-corrected chi connectivity index (χ3v) is 3.80. The Labute approximate surface area is 136 Å². The highest BCUT2D eigenvalue weighted by molar-refractivity contribution is 5.74. The molecule has 4 aromatic rings. The van der Waals surface area contributed by atoms with Crippen LogP contribution in [-0.2, 0) is 6.54 Å². The lowest BCUT2D eigenvalue weighted by Gasteiger charge is -2.06. The van der Waals surface area contributed by atoms with Gasteiger partial charge in [0.25, 0.3) is 5.56 Å². The summed E-state index contributed by atoms with van der Waals surface area (Å²) in [5.74, 6) is -0.327. The molecule has 2 heterocycles. The summed E-state index contributed by atoms with van der Waals surface area (Å²) in [6, 6.07) is 15.7. The summed E-state index contributed by atoms with van der Waals surface area (Å²) in [4.78, 5) is 17.0. The van der Waals surface area contributed by atoms with Crippen LogP contribution < -0.4 is 5.56 Å².